The van der Waals surface area contributed by atoms with Gasteiger partial charge in [0, 0.05) is 6.04 Å². The molecule has 10 heavy (non-hydrogen) atoms. The molecule has 0 radical (unpaired) electrons. The predicted octanol–water partition coefficient (Wildman–Crippen LogP) is 0.602. The van der Waals surface area contributed by atoms with Crippen molar-refractivity contribution in [2.75, 3.05) is 0 Å². The highest BCUT2D eigenvalue weighted by Gasteiger charge is 2.26. The van der Waals surface area contributed by atoms with Crippen LogP contribution in [0.5, 0.6) is 0 Å². The van der Waals surface area contributed by atoms with Crippen molar-refractivity contribution >= 4 is 5.97 Å². The van der Waals surface area contributed by atoms with Gasteiger partial charge in [0.15, 0.2) is 0 Å². The first kappa shape index (κ1) is 7.54. The van der Waals surface area contributed by atoms with Gasteiger partial charge in [-0.05, 0) is 19.3 Å². The summed E-state index contributed by atoms with van der Waals surface area (Å²) >= 11 is 0. The summed E-state index contributed by atoms with van der Waals surface area (Å²) in [6.45, 7) is 2.07. The molecule has 2 unspecified atom stereocenters. The largest absolute Gasteiger partial charge is 0.480 e. The summed E-state index contributed by atoms with van der Waals surface area (Å²) in [5.41, 5.74) is 0. The highest BCUT2D eigenvalue weighted by atomic mass is 16.4. The van der Waals surface area contributed by atoms with Crippen LogP contribution in [-0.4, -0.2) is 23.2 Å². The van der Waals surface area contributed by atoms with Crippen LogP contribution in [-0.2, 0) is 4.79 Å². The third-order valence-electron chi connectivity index (χ3n) is 2.03. The Morgan fingerprint density at radius 3 is 2.70 bits per heavy atom. The van der Waals surface area contributed by atoms with Gasteiger partial charge in [-0.1, -0.05) is 6.92 Å². The first-order chi connectivity index (χ1) is 4.74. The summed E-state index contributed by atoms with van der Waals surface area (Å²) in [4.78, 5) is 10.4. The number of aliphatic carboxylic acids is 1. The monoisotopic (exact) mass is 143 g/mol. The lowest BCUT2D eigenvalue weighted by atomic mass is 10.1. The molecule has 0 aromatic carbocycles. The fraction of sp³-hybridized carbons (Fsp3) is 0.857. The Labute approximate surface area is 60.4 Å². The smallest absolute Gasteiger partial charge is 0.320 e. The molecule has 0 amide bonds. The van der Waals surface area contributed by atoms with E-state index in [9.17, 15) is 4.79 Å². The number of rotatable bonds is 2. The van der Waals surface area contributed by atoms with Crippen molar-refractivity contribution in [3.05, 3.63) is 0 Å². The zero-order valence-corrected chi connectivity index (χ0v) is 6.13. The van der Waals surface area contributed by atoms with Crippen LogP contribution < -0.4 is 5.32 Å². The van der Waals surface area contributed by atoms with Gasteiger partial charge in [-0.15, -0.1) is 0 Å². The number of nitrogens with one attached hydrogen (secondary N) is 1. The second-order valence-corrected chi connectivity index (χ2v) is 2.74. The van der Waals surface area contributed by atoms with Crippen molar-refractivity contribution in [3.63, 3.8) is 0 Å². The molecule has 2 atom stereocenters. The van der Waals surface area contributed by atoms with Crippen molar-refractivity contribution in [1.29, 1.82) is 0 Å². The van der Waals surface area contributed by atoms with Gasteiger partial charge in [0.1, 0.15) is 6.04 Å². The molecule has 0 aromatic rings. The van der Waals surface area contributed by atoms with Gasteiger partial charge in [-0.2, -0.15) is 0 Å². The molecule has 1 aliphatic heterocycles. The SMILES string of the molecule is CCC1CCC(C(=O)O)N1. The number of hydrogen-bond donors (Lipinski definition) is 2. The number of carboxylic acids is 1. The zero-order valence-electron chi connectivity index (χ0n) is 6.13. The van der Waals surface area contributed by atoms with Gasteiger partial charge in [0.2, 0.25) is 0 Å². The Morgan fingerprint density at radius 2 is 2.40 bits per heavy atom. The van der Waals surface area contributed by atoms with Crippen LogP contribution in [0.25, 0.3) is 0 Å². The van der Waals surface area contributed by atoms with Crippen LogP contribution in [0.3, 0.4) is 0 Å². The molecule has 0 saturated carbocycles. The van der Waals surface area contributed by atoms with Crippen molar-refractivity contribution in [3.8, 4) is 0 Å². The molecule has 0 bridgehead atoms. The van der Waals surface area contributed by atoms with E-state index >= 15 is 0 Å². The van der Waals surface area contributed by atoms with Gasteiger partial charge in [0.05, 0.1) is 0 Å². The van der Waals surface area contributed by atoms with Crippen LogP contribution in [0.15, 0.2) is 0 Å². The van der Waals surface area contributed by atoms with E-state index < -0.39 is 5.97 Å². The van der Waals surface area contributed by atoms with E-state index in [0.717, 1.165) is 19.3 Å². The fourth-order valence-electron chi connectivity index (χ4n) is 1.34. The summed E-state index contributed by atoms with van der Waals surface area (Å²) in [7, 11) is 0. The molecule has 2 N–H and O–H groups in total. The van der Waals surface area contributed by atoms with Crippen LogP contribution in [0.4, 0.5) is 0 Å². The third-order valence-corrected chi connectivity index (χ3v) is 2.03. The van der Waals surface area contributed by atoms with Crippen LogP contribution in [0.1, 0.15) is 26.2 Å². The first-order valence-electron chi connectivity index (χ1n) is 3.73. The van der Waals surface area contributed by atoms with Crippen molar-refractivity contribution < 1.29 is 9.90 Å². The Kier molecular flexibility index (Phi) is 2.27. The molecule has 1 saturated heterocycles. The maximum absolute atomic E-state index is 10.4. The van der Waals surface area contributed by atoms with Crippen LogP contribution in [0, 0.1) is 0 Å². The molecule has 1 heterocycles. The van der Waals surface area contributed by atoms with Crippen LogP contribution >= 0.6 is 0 Å². The van der Waals surface area contributed by atoms with E-state index in [0.29, 0.717) is 6.04 Å². The lowest BCUT2D eigenvalue weighted by Crippen LogP contribution is -2.34. The van der Waals surface area contributed by atoms with E-state index in [1.54, 1.807) is 0 Å². The number of carboxylic acid groups (broad SMARTS) is 1. The van der Waals surface area contributed by atoms with E-state index in [1.165, 1.54) is 0 Å². The van der Waals surface area contributed by atoms with Gasteiger partial charge >= 0.3 is 5.97 Å². The predicted molar refractivity (Wildman–Crippen MR) is 37.9 cm³/mol. The Morgan fingerprint density at radius 1 is 1.70 bits per heavy atom. The van der Waals surface area contributed by atoms with E-state index in [1.807, 2.05) is 0 Å². The third kappa shape index (κ3) is 1.48. The quantitative estimate of drug-likeness (QED) is 0.595. The zero-order chi connectivity index (χ0) is 7.56. The second kappa shape index (κ2) is 3.01. The number of carbonyl (C=O) groups is 1. The molecule has 0 aliphatic carbocycles. The van der Waals surface area contributed by atoms with Gasteiger partial charge in [0.25, 0.3) is 0 Å². The van der Waals surface area contributed by atoms with Gasteiger partial charge < -0.3 is 10.4 Å². The van der Waals surface area contributed by atoms with E-state index in [-0.39, 0.29) is 6.04 Å². The van der Waals surface area contributed by atoms with E-state index in [4.69, 9.17) is 5.11 Å². The maximum atomic E-state index is 10.4. The minimum absolute atomic E-state index is 0.287. The van der Waals surface area contributed by atoms with Crippen molar-refractivity contribution in [1.82, 2.24) is 5.32 Å². The molecule has 0 aromatic heterocycles. The molecule has 58 valence electrons. The first-order valence-corrected chi connectivity index (χ1v) is 3.73. The average Bonchev–Trinajstić information content (AvgIpc) is 2.34. The second-order valence-electron chi connectivity index (χ2n) is 2.74. The lowest BCUT2D eigenvalue weighted by Gasteiger charge is -2.07. The highest BCUT2D eigenvalue weighted by molar-refractivity contribution is 5.73. The topological polar surface area (TPSA) is 49.3 Å². The fourth-order valence-corrected chi connectivity index (χ4v) is 1.34. The van der Waals surface area contributed by atoms with E-state index in [2.05, 4.69) is 12.2 Å². The summed E-state index contributed by atoms with van der Waals surface area (Å²) in [6.07, 6.45) is 2.82. The molecule has 1 aliphatic rings. The standard InChI is InChI=1S/C7H13NO2/c1-2-5-3-4-6(8-5)7(9)10/h5-6,8H,2-4H2,1H3,(H,9,10). The molecule has 3 heteroatoms. The summed E-state index contributed by atoms with van der Waals surface area (Å²) in [5, 5.41) is 11.6. The van der Waals surface area contributed by atoms with Crippen molar-refractivity contribution in [2.24, 2.45) is 0 Å². The summed E-state index contributed by atoms with van der Waals surface area (Å²) < 4.78 is 0. The molecular weight excluding hydrogens is 130 g/mol. The lowest BCUT2D eigenvalue weighted by molar-refractivity contribution is -0.139. The Bertz CT molecular complexity index is 136. The van der Waals surface area contributed by atoms with Crippen molar-refractivity contribution in [2.45, 2.75) is 38.3 Å². The van der Waals surface area contributed by atoms with Gasteiger partial charge in [-0.25, -0.2) is 0 Å². The molecule has 3 nitrogen and oxygen atoms in total. The Balaban J connectivity index is 2.35. The minimum atomic E-state index is -0.712. The summed E-state index contributed by atoms with van der Waals surface area (Å²) in [5.74, 6) is -0.712. The Hall–Kier alpha value is -0.570. The molecule has 0 spiro atoms. The molecular formula is C7H13NO2. The summed E-state index contributed by atoms with van der Waals surface area (Å²) in [6, 6.07) is 0.144. The normalized spacial score (nSPS) is 32.5. The highest BCUT2D eigenvalue weighted by Crippen LogP contribution is 2.14. The maximum Gasteiger partial charge on any atom is 0.320 e. The van der Waals surface area contributed by atoms with Crippen LogP contribution in [0.2, 0.25) is 0 Å². The van der Waals surface area contributed by atoms with Gasteiger partial charge in [-0.3, -0.25) is 4.79 Å². The molecule has 1 fully saturated rings. The number of hydrogen-bond acceptors (Lipinski definition) is 2. The average molecular weight is 143 g/mol. The molecule has 1 rings (SSSR count). The minimum Gasteiger partial charge on any atom is -0.480 e.